The van der Waals surface area contributed by atoms with Crippen LogP contribution in [-0.4, -0.2) is 31.4 Å². The number of amides is 1. The number of hydrogen-bond acceptors (Lipinski definition) is 5. The van der Waals surface area contributed by atoms with Crippen molar-refractivity contribution < 1.29 is 22.8 Å². The quantitative estimate of drug-likeness (QED) is 0.616. The van der Waals surface area contributed by atoms with E-state index in [-0.39, 0.29) is 22.6 Å². The molecule has 0 atom stereocenters. The van der Waals surface area contributed by atoms with Crippen LogP contribution in [0.4, 0.5) is 18.9 Å². The monoisotopic (exact) mass is 457 g/mol. The van der Waals surface area contributed by atoms with Crippen molar-refractivity contribution in [1.82, 2.24) is 19.7 Å². The molecule has 4 rings (SSSR count). The summed E-state index contributed by atoms with van der Waals surface area (Å²) < 4.78 is 39.6. The van der Waals surface area contributed by atoms with Crippen molar-refractivity contribution in [2.75, 3.05) is 5.32 Å². The Morgan fingerprint density at radius 1 is 1.06 bits per heavy atom. The Morgan fingerprint density at radius 2 is 1.79 bits per heavy atom. The molecule has 0 bridgehead atoms. The van der Waals surface area contributed by atoms with E-state index in [9.17, 15) is 22.8 Å². The van der Waals surface area contributed by atoms with Gasteiger partial charge in [-0.15, -0.1) is 0 Å². The molecule has 0 saturated heterocycles. The van der Waals surface area contributed by atoms with Crippen LogP contribution in [0, 0.1) is 6.92 Å². The first kappa shape index (κ1) is 22.6. The number of alkyl halides is 3. The summed E-state index contributed by atoms with van der Waals surface area (Å²) >= 11 is 0. The Kier molecular flexibility index (Phi) is 5.77. The van der Waals surface area contributed by atoms with Gasteiger partial charge in [-0.3, -0.25) is 14.6 Å². The van der Waals surface area contributed by atoms with Crippen molar-refractivity contribution in [2.45, 2.75) is 51.1 Å². The fraction of sp³-hybridized carbons (Fsp3) is 0.348. The third-order valence-corrected chi connectivity index (χ3v) is 6.10. The van der Waals surface area contributed by atoms with Gasteiger partial charge in [-0.2, -0.15) is 18.3 Å². The lowest BCUT2D eigenvalue weighted by Crippen LogP contribution is -2.29. The zero-order valence-electron chi connectivity index (χ0n) is 18.1. The van der Waals surface area contributed by atoms with Crippen molar-refractivity contribution in [3.05, 3.63) is 65.4 Å². The van der Waals surface area contributed by atoms with Crippen molar-refractivity contribution in [3.63, 3.8) is 0 Å². The normalized spacial score (nSPS) is 16.0. The van der Waals surface area contributed by atoms with Gasteiger partial charge in [-0.25, -0.2) is 9.67 Å². The minimum absolute atomic E-state index is 0.164. The first-order chi connectivity index (χ1) is 15.6. The Balaban J connectivity index is 1.47. The van der Waals surface area contributed by atoms with E-state index in [1.165, 1.54) is 16.9 Å². The summed E-state index contributed by atoms with van der Waals surface area (Å²) in [6, 6.07) is 5.73. The average Bonchev–Trinajstić information content (AvgIpc) is 3.17. The molecule has 0 spiro atoms. The van der Waals surface area contributed by atoms with Gasteiger partial charge in [0.1, 0.15) is 5.78 Å². The third kappa shape index (κ3) is 4.64. The lowest BCUT2D eigenvalue weighted by atomic mass is 9.73. The topological polar surface area (TPSA) is 89.8 Å². The molecule has 0 aromatic carbocycles. The van der Waals surface area contributed by atoms with Crippen LogP contribution >= 0.6 is 0 Å². The Bertz CT molecular complexity index is 1170. The fourth-order valence-electron chi connectivity index (χ4n) is 3.90. The number of ketones is 1. The SMILES string of the molecule is Cc1c(C(=O)Nc2ccc(C3(C)CCC(=O)CC3)nc2)cnn1-c1ccc(C(F)(F)F)cn1. The molecular formula is C23H22F3N5O2. The van der Waals surface area contributed by atoms with Gasteiger partial charge in [0.15, 0.2) is 5.82 Å². The number of carbonyl (C=O) groups is 2. The Labute approximate surface area is 188 Å². The minimum atomic E-state index is -4.48. The number of hydrogen-bond donors (Lipinski definition) is 1. The van der Waals surface area contributed by atoms with Crippen molar-refractivity contribution in [1.29, 1.82) is 0 Å². The molecule has 0 radical (unpaired) electrons. The van der Waals surface area contributed by atoms with Crippen LogP contribution in [0.25, 0.3) is 5.82 Å². The van der Waals surface area contributed by atoms with Gasteiger partial charge in [-0.05, 0) is 44.0 Å². The highest BCUT2D eigenvalue weighted by atomic mass is 19.4. The van der Waals surface area contributed by atoms with Crippen LogP contribution in [0.5, 0.6) is 0 Å². The zero-order valence-corrected chi connectivity index (χ0v) is 18.1. The molecule has 1 fully saturated rings. The van der Waals surface area contributed by atoms with Crippen LogP contribution in [0.15, 0.2) is 42.9 Å². The van der Waals surface area contributed by atoms with Crippen LogP contribution < -0.4 is 5.32 Å². The van der Waals surface area contributed by atoms with Crippen molar-refractivity contribution in [3.8, 4) is 5.82 Å². The van der Waals surface area contributed by atoms with E-state index >= 15 is 0 Å². The predicted molar refractivity (Wildman–Crippen MR) is 114 cm³/mol. The second-order valence-electron chi connectivity index (χ2n) is 8.44. The van der Waals surface area contributed by atoms with Crippen molar-refractivity contribution in [2.24, 2.45) is 0 Å². The van der Waals surface area contributed by atoms with E-state index in [1.54, 1.807) is 19.2 Å². The molecule has 1 N–H and O–H groups in total. The highest BCUT2D eigenvalue weighted by molar-refractivity contribution is 6.04. The van der Waals surface area contributed by atoms with Gasteiger partial charge in [-0.1, -0.05) is 6.92 Å². The van der Waals surface area contributed by atoms with Gasteiger partial charge in [0.05, 0.1) is 34.9 Å². The summed E-state index contributed by atoms with van der Waals surface area (Å²) in [6.45, 7) is 3.72. The summed E-state index contributed by atoms with van der Waals surface area (Å²) in [5.41, 5.74) is 1.05. The minimum Gasteiger partial charge on any atom is -0.320 e. The van der Waals surface area contributed by atoms with Gasteiger partial charge >= 0.3 is 6.18 Å². The number of Topliss-reactive ketones (excluding diaryl/α,β-unsaturated/α-hetero) is 1. The second kappa shape index (κ2) is 8.42. The summed E-state index contributed by atoms with van der Waals surface area (Å²) in [6.07, 6.45) is 1.76. The molecule has 1 saturated carbocycles. The molecule has 3 heterocycles. The van der Waals surface area contributed by atoms with Crippen LogP contribution in [-0.2, 0) is 16.4 Å². The first-order valence-corrected chi connectivity index (χ1v) is 10.4. The maximum atomic E-state index is 12.8. The summed E-state index contributed by atoms with van der Waals surface area (Å²) in [4.78, 5) is 32.6. The lowest BCUT2D eigenvalue weighted by molar-refractivity contribution is -0.137. The largest absolute Gasteiger partial charge is 0.417 e. The maximum Gasteiger partial charge on any atom is 0.417 e. The molecule has 1 aliphatic rings. The lowest BCUT2D eigenvalue weighted by Gasteiger charge is -2.32. The summed E-state index contributed by atoms with van der Waals surface area (Å²) in [7, 11) is 0. The predicted octanol–water partition coefficient (Wildman–Crippen LogP) is 4.64. The third-order valence-electron chi connectivity index (χ3n) is 6.10. The molecule has 3 aromatic heterocycles. The van der Waals surface area contributed by atoms with Gasteiger partial charge < -0.3 is 5.32 Å². The van der Waals surface area contributed by atoms with Crippen LogP contribution in [0.3, 0.4) is 0 Å². The molecule has 10 heteroatoms. The molecule has 1 amide bonds. The fourth-order valence-corrected chi connectivity index (χ4v) is 3.90. The van der Waals surface area contributed by atoms with E-state index in [4.69, 9.17) is 0 Å². The van der Waals surface area contributed by atoms with E-state index in [2.05, 4.69) is 27.3 Å². The zero-order chi connectivity index (χ0) is 23.8. The molecule has 7 nitrogen and oxygen atoms in total. The van der Waals surface area contributed by atoms with E-state index in [0.717, 1.165) is 30.8 Å². The van der Waals surface area contributed by atoms with E-state index < -0.39 is 17.6 Å². The smallest absolute Gasteiger partial charge is 0.320 e. The number of nitrogens with one attached hydrogen (secondary N) is 1. The highest BCUT2D eigenvalue weighted by Crippen LogP contribution is 2.37. The molecule has 1 aliphatic carbocycles. The van der Waals surface area contributed by atoms with E-state index in [0.29, 0.717) is 24.2 Å². The molecule has 3 aromatic rings. The Morgan fingerprint density at radius 3 is 2.36 bits per heavy atom. The summed E-state index contributed by atoms with van der Waals surface area (Å²) in [5.74, 6) is 0.0261. The number of halogens is 3. The number of aromatic nitrogens is 4. The molecule has 33 heavy (non-hydrogen) atoms. The molecular weight excluding hydrogens is 435 g/mol. The Hall–Kier alpha value is -3.56. The molecule has 0 aliphatic heterocycles. The van der Waals surface area contributed by atoms with E-state index in [1.807, 2.05) is 6.07 Å². The van der Waals surface area contributed by atoms with Gasteiger partial charge in [0, 0.05) is 30.1 Å². The van der Waals surface area contributed by atoms with Crippen molar-refractivity contribution >= 4 is 17.4 Å². The number of rotatable bonds is 4. The maximum absolute atomic E-state index is 12.8. The number of carbonyl (C=O) groups excluding carboxylic acids is 2. The van der Waals surface area contributed by atoms with Crippen LogP contribution in [0.1, 0.15) is 59.9 Å². The number of pyridine rings is 2. The highest BCUT2D eigenvalue weighted by Gasteiger charge is 2.33. The van der Waals surface area contributed by atoms with Gasteiger partial charge in [0.2, 0.25) is 0 Å². The van der Waals surface area contributed by atoms with Crippen LogP contribution in [0.2, 0.25) is 0 Å². The summed E-state index contributed by atoms with van der Waals surface area (Å²) in [5, 5.41) is 6.86. The second-order valence-corrected chi connectivity index (χ2v) is 8.44. The van der Waals surface area contributed by atoms with Gasteiger partial charge in [0.25, 0.3) is 5.91 Å². The first-order valence-electron chi connectivity index (χ1n) is 10.4. The number of anilines is 1. The molecule has 0 unspecified atom stereocenters. The number of nitrogens with zero attached hydrogens (tertiary/aromatic N) is 4. The average molecular weight is 457 g/mol. The standard InChI is InChI=1S/C23H22F3N5O2/c1-14-18(13-29-31(14)20-6-3-15(11-28-20)23(24,25)26)21(33)30-16-4-5-19(27-12-16)22(2)9-7-17(32)8-10-22/h3-6,11-13H,7-10H2,1-2H3,(H,30,33). The molecule has 172 valence electrons.